The van der Waals surface area contributed by atoms with Crippen LogP contribution in [0, 0.1) is 0 Å². The Kier molecular flexibility index (Phi) is 2.10. The van der Waals surface area contributed by atoms with E-state index in [1.165, 1.54) is 0 Å². The highest BCUT2D eigenvalue weighted by molar-refractivity contribution is 7.81. The van der Waals surface area contributed by atoms with Crippen molar-refractivity contribution in [3.63, 3.8) is 0 Å². The molecule has 0 heterocycles. The van der Waals surface area contributed by atoms with Crippen molar-refractivity contribution in [2.24, 2.45) is 5.73 Å². The van der Waals surface area contributed by atoms with Crippen LogP contribution in [0.15, 0.2) is 0 Å². The Balaban J connectivity index is 3.54. The molecule has 44 valence electrons. The minimum Gasteiger partial charge on any atom is -0.388 e. The van der Waals surface area contributed by atoms with Crippen LogP contribution < -0.4 is 5.73 Å². The number of nitrogens with two attached hydrogens (primary N) is 1. The molecule has 0 aromatic rings. The van der Waals surface area contributed by atoms with Gasteiger partial charge in [-0.05, 0) is 13.8 Å². The van der Waals surface area contributed by atoms with Gasteiger partial charge in [-0.15, -0.1) is 0 Å². The molecule has 0 fully saturated rings. The lowest BCUT2D eigenvalue weighted by Crippen LogP contribution is -2.38. The van der Waals surface area contributed by atoms with E-state index in [1.54, 1.807) is 13.8 Å². The molecule has 3 N–H and O–H groups in total. The third-order valence-electron chi connectivity index (χ3n) is 0.724. The summed E-state index contributed by atoms with van der Waals surface area (Å²) in [7, 11) is 0. The van der Waals surface area contributed by atoms with Crippen LogP contribution in [0.1, 0.15) is 13.8 Å². The maximum Gasteiger partial charge on any atom is 0.0832 e. The van der Waals surface area contributed by atoms with Gasteiger partial charge in [0.1, 0.15) is 0 Å². The van der Waals surface area contributed by atoms with Crippen molar-refractivity contribution in [1.29, 1.82) is 0 Å². The molecule has 0 spiro atoms. The first kappa shape index (κ1) is 7.27. The van der Waals surface area contributed by atoms with E-state index in [-0.39, 0.29) is 0 Å². The summed E-state index contributed by atoms with van der Waals surface area (Å²) >= 11 is 3.81. The lowest BCUT2D eigenvalue weighted by molar-refractivity contribution is 0.0799. The lowest BCUT2D eigenvalue weighted by atomic mass is 10.1. The molecule has 0 aromatic carbocycles. The molecule has 0 saturated carbocycles. The molecule has 0 aliphatic rings. The van der Waals surface area contributed by atoms with Gasteiger partial charge in [-0.1, -0.05) is 0 Å². The predicted octanol–water partition coefficient (Wildman–Crippen LogP) is -0.0281. The van der Waals surface area contributed by atoms with E-state index in [1.807, 2.05) is 0 Å². The van der Waals surface area contributed by atoms with E-state index in [4.69, 9.17) is 10.8 Å². The minimum atomic E-state index is -0.858. The Hall–Kier alpha value is 0.270. The molecule has 0 radical (unpaired) electrons. The van der Waals surface area contributed by atoms with Crippen LogP contribution in [0.5, 0.6) is 0 Å². The highest BCUT2D eigenvalue weighted by Crippen LogP contribution is 2.07. The van der Waals surface area contributed by atoms with Gasteiger partial charge < -0.3 is 10.8 Å². The summed E-state index contributed by atoms with van der Waals surface area (Å²) in [6, 6.07) is 0. The van der Waals surface area contributed by atoms with Gasteiger partial charge in [-0.2, -0.15) is 12.6 Å². The van der Waals surface area contributed by atoms with Crippen LogP contribution in [0.25, 0.3) is 0 Å². The highest BCUT2D eigenvalue weighted by Gasteiger charge is 2.17. The van der Waals surface area contributed by atoms with Crippen LogP contribution in [-0.2, 0) is 0 Å². The predicted molar refractivity (Wildman–Crippen MR) is 33.3 cm³/mol. The fourth-order valence-electron chi connectivity index (χ4n) is 0. The Bertz CT molecular complexity index is 57.2. The summed E-state index contributed by atoms with van der Waals surface area (Å²) in [6.45, 7) is 3.23. The maximum absolute atomic E-state index is 8.89. The smallest absolute Gasteiger partial charge is 0.0832 e. The zero-order valence-electron chi connectivity index (χ0n) is 4.55. The third kappa shape index (κ3) is 2.91. The van der Waals surface area contributed by atoms with Gasteiger partial charge in [-0.3, -0.25) is 0 Å². The summed E-state index contributed by atoms with van der Waals surface area (Å²) < 4.78 is 0. The Morgan fingerprint density at radius 2 is 1.86 bits per heavy atom. The van der Waals surface area contributed by atoms with Gasteiger partial charge in [-0.25, -0.2) is 0 Å². The Morgan fingerprint density at radius 3 is 1.86 bits per heavy atom. The molecule has 0 aliphatic carbocycles. The van der Waals surface area contributed by atoms with Gasteiger partial charge in [0.2, 0.25) is 0 Å². The zero-order chi connectivity index (χ0) is 6.08. The fraction of sp³-hybridized carbons (Fsp3) is 1.00. The average Bonchev–Trinajstić information content (AvgIpc) is 1.31. The van der Waals surface area contributed by atoms with E-state index in [0.717, 1.165) is 0 Å². The number of hydrogen-bond donors (Lipinski definition) is 3. The van der Waals surface area contributed by atoms with Crippen LogP contribution in [0.3, 0.4) is 0 Å². The molecule has 0 rings (SSSR count). The second kappa shape index (κ2) is 2.03. The molecule has 7 heavy (non-hydrogen) atoms. The van der Waals surface area contributed by atoms with Crippen LogP contribution in [0.4, 0.5) is 0 Å². The first-order chi connectivity index (χ1) is 2.94. The molecule has 3 heteroatoms. The monoisotopic (exact) mass is 121 g/mol. The van der Waals surface area contributed by atoms with E-state index >= 15 is 0 Å². The van der Waals surface area contributed by atoms with Crippen LogP contribution in [0.2, 0.25) is 0 Å². The normalized spacial score (nSPS) is 16.7. The maximum atomic E-state index is 8.89. The number of rotatable bonds is 1. The molecule has 0 amide bonds. The topological polar surface area (TPSA) is 46.2 Å². The van der Waals surface area contributed by atoms with Gasteiger partial charge in [0.05, 0.1) is 11.0 Å². The largest absolute Gasteiger partial charge is 0.388 e. The van der Waals surface area contributed by atoms with Crippen molar-refractivity contribution in [2.75, 3.05) is 0 Å². The second-order valence-corrected chi connectivity index (χ2v) is 2.65. The lowest BCUT2D eigenvalue weighted by Gasteiger charge is -2.19. The zero-order valence-corrected chi connectivity index (χ0v) is 5.44. The molecule has 1 atom stereocenters. The summed E-state index contributed by atoms with van der Waals surface area (Å²) in [4.78, 5) is 0. The van der Waals surface area contributed by atoms with Crippen molar-refractivity contribution in [3.05, 3.63) is 0 Å². The van der Waals surface area contributed by atoms with Crippen molar-refractivity contribution in [1.82, 2.24) is 0 Å². The first-order valence-electron chi connectivity index (χ1n) is 2.10. The fourth-order valence-corrected chi connectivity index (χ4v) is 0. The first-order valence-corrected chi connectivity index (χ1v) is 2.62. The molecular formula is C4H11NOS. The third-order valence-corrected chi connectivity index (χ3v) is 1.36. The Morgan fingerprint density at radius 1 is 1.71 bits per heavy atom. The van der Waals surface area contributed by atoms with Crippen molar-refractivity contribution >= 4 is 12.6 Å². The molecule has 0 aromatic heterocycles. The SMILES string of the molecule is CC(C)(O)C(N)S. The summed E-state index contributed by atoms with van der Waals surface area (Å²) in [5.74, 6) is 0. The van der Waals surface area contributed by atoms with Gasteiger partial charge in [0, 0.05) is 0 Å². The van der Waals surface area contributed by atoms with Crippen LogP contribution >= 0.6 is 12.6 Å². The molecule has 0 saturated heterocycles. The molecular weight excluding hydrogens is 110 g/mol. The van der Waals surface area contributed by atoms with Crippen molar-refractivity contribution < 1.29 is 5.11 Å². The van der Waals surface area contributed by atoms with E-state index in [2.05, 4.69) is 12.6 Å². The Labute approximate surface area is 49.1 Å². The van der Waals surface area contributed by atoms with Gasteiger partial charge in [0.15, 0.2) is 0 Å². The summed E-state index contributed by atoms with van der Waals surface area (Å²) in [5.41, 5.74) is 4.33. The average molecular weight is 121 g/mol. The molecule has 0 aliphatic heterocycles. The molecule has 1 unspecified atom stereocenters. The minimum absolute atomic E-state index is 0.451. The quantitative estimate of drug-likeness (QED) is 0.337. The van der Waals surface area contributed by atoms with Gasteiger partial charge in [0.25, 0.3) is 0 Å². The van der Waals surface area contributed by atoms with Gasteiger partial charge >= 0.3 is 0 Å². The van der Waals surface area contributed by atoms with E-state index < -0.39 is 11.0 Å². The number of thiol groups is 1. The number of hydrogen-bond acceptors (Lipinski definition) is 3. The van der Waals surface area contributed by atoms with Crippen molar-refractivity contribution in [2.45, 2.75) is 24.8 Å². The van der Waals surface area contributed by atoms with Crippen molar-refractivity contribution in [3.8, 4) is 0 Å². The van der Waals surface area contributed by atoms with E-state index in [0.29, 0.717) is 0 Å². The summed E-state index contributed by atoms with van der Waals surface area (Å²) in [6.07, 6.45) is 0. The second-order valence-electron chi connectivity index (χ2n) is 2.10. The summed E-state index contributed by atoms with van der Waals surface area (Å²) in [5, 5.41) is 8.44. The number of aliphatic hydroxyl groups is 1. The molecule has 0 bridgehead atoms. The van der Waals surface area contributed by atoms with E-state index in [9.17, 15) is 0 Å². The standard InChI is InChI=1S/C4H11NOS/c1-4(2,6)3(5)7/h3,6-7H,5H2,1-2H3. The highest BCUT2D eigenvalue weighted by atomic mass is 32.1. The molecule has 2 nitrogen and oxygen atoms in total. The van der Waals surface area contributed by atoms with Crippen LogP contribution in [-0.4, -0.2) is 16.1 Å².